The smallest absolute Gasteiger partial charge is 0.223 e. The number of anilines is 1. The molecule has 1 aliphatic carbocycles. The van der Waals surface area contributed by atoms with Gasteiger partial charge in [-0.3, -0.25) is 4.79 Å². The zero-order valence-electron chi connectivity index (χ0n) is 15.9. The molecule has 0 atom stereocenters. The number of nitrogens with one attached hydrogen (secondary N) is 2. The van der Waals surface area contributed by atoms with Crippen LogP contribution in [-0.2, 0) is 4.79 Å². The van der Waals surface area contributed by atoms with Crippen LogP contribution in [0.1, 0.15) is 25.7 Å². The Kier molecular flexibility index (Phi) is 6.16. The number of aromatic nitrogens is 2. The van der Waals surface area contributed by atoms with Gasteiger partial charge >= 0.3 is 0 Å². The third-order valence-corrected chi connectivity index (χ3v) is 5.78. The normalized spacial score (nSPS) is 14.3. The number of carbonyl (C=O) groups is 1. The lowest BCUT2D eigenvalue weighted by molar-refractivity contribution is -0.124. The van der Waals surface area contributed by atoms with Gasteiger partial charge in [-0.2, -0.15) is 0 Å². The summed E-state index contributed by atoms with van der Waals surface area (Å²) in [7, 11) is 0. The van der Waals surface area contributed by atoms with Gasteiger partial charge in [0, 0.05) is 35.0 Å². The fraction of sp³-hybridized carbons (Fsp3) is 0.318. The summed E-state index contributed by atoms with van der Waals surface area (Å²) in [5, 5.41) is 8.41. The number of benzene rings is 2. The van der Waals surface area contributed by atoms with E-state index < -0.39 is 0 Å². The van der Waals surface area contributed by atoms with Gasteiger partial charge in [-0.25, -0.2) is 9.97 Å². The molecule has 1 aromatic heterocycles. The van der Waals surface area contributed by atoms with E-state index in [1.165, 1.54) is 0 Å². The van der Waals surface area contributed by atoms with Crippen molar-refractivity contribution in [1.82, 2.24) is 15.3 Å². The lowest BCUT2D eigenvalue weighted by Crippen LogP contribution is -2.33. The number of hydrogen-bond donors (Lipinski definition) is 2. The molecular formula is C22H22Cl2N4O. The summed E-state index contributed by atoms with van der Waals surface area (Å²) in [6.07, 6.45) is 4.29. The van der Waals surface area contributed by atoms with Gasteiger partial charge in [-0.05, 0) is 43.2 Å². The van der Waals surface area contributed by atoms with Gasteiger partial charge in [0.05, 0.1) is 10.5 Å². The molecule has 1 amide bonds. The van der Waals surface area contributed by atoms with E-state index in [9.17, 15) is 4.79 Å². The van der Waals surface area contributed by atoms with Crippen molar-refractivity contribution in [2.45, 2.75) is 25.7 Å². The molecule has 0 bridgehead atoms. The van der Waals surface area contributed by atoms with Crippen molar-refractivity contribution < 1.29 is 4.79 Å². The Morgan fingerprint density at radius 3 is 2.62 bits per heavy atom. The zero-order chi connectivity index (χ0) is 20.2. The highest BCUT2D eigenvalue weighted by atomic mass is 35.5. The van der Waals surface area contributed by atoms with E-state index in [1.54, 1.807) is 0 Å². The molecule has 2 aromatic carbocycles. The molecule has 1 saturated carbocycles. The summed E-state index contributed by atoms with van der Waals surface area (Å²) < 4.78 is 0. The first-order chi connectivity index (χ1) is 14.1. The summed E-state index contributed by atoms with van der Waals surface area (Å²) in [6, 6.07) is 13.0. The maximum Gasteiger partial charge on any atom is 0.223 e. The predicted molar refractivity (Wildman–Crippen MR) is 118 cm³/mol. The molecule has 4 rings (SSSR count). The van der Waals surface area contributed by atoms with Crippen molar-refractivity contribution in [3.8, 4) is 11.4 Å². The highest BCUT2D eigenvalue weighted by Gasteiger charge is 2.22. The Morgan fingerprint density at radius 2 is 1.83 bits per heavy atom. The van der Waals surface area contributed by atoms with E-state index in [2.05, 4.69) is 15.6 Å². The molecule has 1 aliphatic rings. The van der Waals surface area contributed by atoms with E-state index >= 15 is 0 Å². The van der Waals surface area contributed by atoms with Crippen LogP contribution in [0.2, 0.25) is 10.0 Å². The van der Waals surface area contributed by atoms with Crippen molar-refractivity contribution in [3.63, 3.8) is 0 Å². The summed E-state index contributed by atoms with van der Waals surface area (Å²) in [4.78, 5) is 21.5. The molecule has 1 fully saturated rings. The van der Waals surface area contributed by atoms with Crippen molar-refractivity contribution in [2.24, 2.45) is 5.92 Å². The fourth-order valence-corrected chi connectivity index (χ4v) is 4.09. The van der Waals surface area contributed by atoms with Crippen LogP contribution in [0.5, 0.6) is 0 Å². The standard InChI is InChI=1S/C22H22Cl2N4O/c23-15-9-10-17-19(13-15)27-21(16-7-3-4-8-18(16)24)28-20(17)25-11-12-26-22(29)14-5-1-2-6-14/h3-4,7-10,13-14H,1-2,5-6,11-12H2,(H,26,29)(H,25,27,28). The SMILES string of the molecule is O=C(NCCNc1nc(-c2ccccc2Cl)nc2cc(Cl)ccc12)C1CCCC1. The number of halogens is 2. The number of nitrogens with zero attached hydrogens (tertiary/aromatic N) is 2. The molecule has 7 heteroatoms. The monoisotopic (exact) mass is 428 g/mol. The average molecular weight is 429 g/mol. The lowest BCUT2D eigenvalue weighted by atomic mass is 10.1. The Balaban J connectivity index is 1.54. The topological polar surface area (TPSA) is 66.9 Å². The van der Waals surface area contributed by atoms with E-state index in [0.29, 0.717) is 34.8 Å². The van der Waals surface area contributed by atoms with Crippen molar-refractivity contribution >= 4 is 45.8 Å². The van der Waals surface area contributed by atoms with Crippen LogP contribution in [0.15, 0.2) is 42.5 Å². The molecule has 0 radical (unpaired) electrons. The van der Waals surface area contributed by atoms with Gasteiger partial charge < -0.3 is 10.6 Å². The van der Waals surface area contributed by atoms with Crippen molar-refractivity contribution in [1.29, 1.82) is 0 Å². The molecule has 3 aromatic rings. The van der Waals surface area contributed by atoms with Crippen LogP contribution >= 0.6 is 23.2 Å². The van der Waals surface area contributed by atoms with Gasteiger partial charge in [0.2, 0.25) is 5.91 Å². The van der Waals surface area contributed by atoms with E-state index in [1.807, 2.05) is 42.5 Å². The summed E-state index contributed by atoms with van der Waals surface area (Å²) in [5.74, 6) is 1.55. The fourth-order valence-electron chi connectivity index (χ4n) is 3.70. The molecule has 2 N–H and O–H groups in total. The highest BCUT2D eigenvalue weighted by Crippen LogP contribution is 2.30. The van der Waals surface area contributed by atoms with Gasteiger partial charge in [-0.15, -0.1) is 0 Å². The van der Waals surface area contributed by atoms with Gasteiger partial charge in [0.15, 0.2) is 5.82 Å². The Morgan fingerprint density at radius 1 is 1.03 bits per heavy atom. The van der Waals surface area contributed by atoms with E-state index in [4.69, 9.17) is 28.2 Å². The van der Waals surface area contributed by atoms with Crippen molar-refractivity contribution in [3.05, 3.63) is 52.5 Å². The summed E-state index contributed by atoms with van der Waals surface area (Å²) in [5.41, 5.74) is 1.49. The van der Waals surface area contributed by atoms with Crippen LogP contribution in [0, 0.1) is 5.92 Å². The zero-order valence-corrected chi connectivity index (χ0v) is 17.4. The first kappa shape index (κ1) is 19.9. The second-order valence-corrected chi connectivity index (χ2v) is 8.08. The molecule has 0 aliphatic heterocycles. The molecule has 1 heterocycles. The van der Waals surface area contributed by atoms with Crippen LogP contribution in [0.3, 0.4) is 0 Å². The third-order valence-electron chi connectivity index (χ3n) is 5.22. The number of rotatable bonds is 6. The maximum absolute atomic E-state index is 12.2. The highest BCUT2D eigenvalue weighted by molar-refractivity contribution is 6.33. The number of hydrogen-bond acceptors (Lipinski definition) is 4. The lowest BCUT2D eigenvalue weighted by Gasteiger charge is -2.13. The molecule has 0 spiro atoms. The van der Waals surface area contributed by atoms with Crippen molar-refractivity contribution in [2.75, 3.05) is 18.4 Å². The minimum Gasteiger partial charge on any atom is -0.368 e. The Labute approximate surface area is 179 Å². The van der Waals surface area contributed by atoms with Crippen LogP contribution in [0.25, 0.3) is 22.3 Å². The quantitative estimate of drug-likeness (QED) is 0.521. The Hall–Kier alpha value is -2.37. The van der Waals surface area contributed by atoms with E-state index in [-0.39, 0.29) is 11.8 Å². The largest absolute Gasteiger partial charge is 0.368 e. The van der Waals surface area contributed by atoms with Crippen LogP contribution in [-0.4, -0.2) is 29.0 Å². The average Bonchev–Trinajstić information content (AvgIpc) is 3.26. The number of amides is 1. The summed E-state index contributed by atoms with van der Waals surface area (Å²) in [6.45, 7) is 1.10. The van der Waals surface area contributed by atoms with Crippen LogP contribution < -0.4 is 10.6 Å². The van der Waals surface area contributed by atoms with Crippen LogP contribution in [0.4, 0.5) is 5.82 Å². The first-order valence-corrected chi connectivity index (χ1v) is 10.6. The number of carbonyl (C=O) groups excluding carboxylic acids is 1. The minimum absolute atomic E-state index is 0.153. The molecule has 0 saturated heterocycles. The number of fused-ring (bicyclic) bond motifs is 1. The minimum atomic E-state index is 0.153. The molecule has 150 valence electrons. The maximum atomic E-state index is 12.2. The second-order valence-electron chi connectivity index (χ2n) is 7.24. The van der Waals surface area contributed by atoms with E-state index in [0.717, 1.165) is 42.1 Å². The third kappa shape index (κ3) is 4.62. The summed E-state index contributed by atoms with van der Waals surface area (Å²) >= 11 is 12.5. The van der Waals surface area contributed by atoms with Gasteiger partial charge in [0.25, 0.3) is 0 Å². The molecule has 0 unspecified atom stereocenters. The van der Waals surface area contributed by atoms with Gasteiger partial charge in [0.1, 0.15) is 5.82 Å². The van der Waals surface area contributed by atoms with Gasteiger partial charge in [-0.1, -0.05) is 48.2 Å². The second kappa shape index (κ2) is 8.97. The molecule has 29 heavy (non-hydrogen) atoms. The Bertz CT molecular complexity index is 1030. The first-order valence-electron chi connectivity index (χ1n) is 9.85. The molecular weight excluding hydrogens is 407 g/mol. The predicted octanol–water partition coefficient (Wildman–Crippen LogP) is 5.32. The molecule has 5 nitrogen and oxygen atoms in total.